The van der Waals surface area contributed by atoms with Crippen LogP contribution in [0.4, 0.5) is 0 Å². The molecule has 0 bridgehead atoms. The van der Waals surface area contributed by atoms with Crippen LogP contribution in [0.2, 0.25) is 0 Å². The molecular weight excluding hydrogens is 491 g/mol. The van der Waals surface area contributed by atoms with Crippen LogP contribution in [0.3, 0.4) is 0 Å². The Labute approximate surface area is 198 Å². The normalized spacial score (nSPS) is 19.9. The molecule has 1 aliphatic heterocycles. The highest BCUT2D eigenvalue weighted by Crippen LogP contribution is 2.26. The molecule has 1 saturated carbocycles. The Morgan fingerprint density at radius 3 is 2.60 bits per heavy atom. The predicted molar refractivity (Wildman–Crippen MR) is 133 cm³/mol. The van der Waals surface area contributed by atoms with Crippen LogP contribution in [-0.2, 0) is 4.79 Å². The van der Waals surface area contributed by atoms with Crippen molar-refractivity contribution in [2.24, 2.45) is 10.9 Å². The molecule has 0 radical (unpaired) electrons. The first-order valence-corrected chi connectivity index (χ1v) is 11.1. The van der Waals surface area contributed by atoms with Crippen molar-refractivity contribution in [1.82, 2.24) is 15.5 Å². The number of benzene rings is 1. The van der Waals surface area contributed by atoms with Crippen LogP contribution < -0.4 is 15.4 Å². The van der Waals surface area contributed by atoms with Crippen LogP contribution in [0.25, 0.3) is 0 Å². The van der Waals surface area contributed by atoms with Crippen LogP contribution in [0.1, 0.15) is 50.5 Å². The van der Waals surface area contributed by atoms with Crippen LogP contribution in [0.5, 0.6) is 5.75 Å². The third kappa shape index (κ3) is 7.63. The Hall–Kier alpha value is -1.51. The number of hydrogen-bond donors (Lipinski definition) is 2. The van der Waals surface area contributed by atoms with E-state index in [1.54, 1.807) is 7.05 Å². The number of carbonyl (C=O) groups is 1. The van der Waals surface area contributed by atoms with E-state index < -0.39 is 0 Å². The van der Waals surface area contributed by atoms with E-state index in [1.165, 1.54) is 24.8 Å². The van der Waals surface area contributed by atoms with E-state index >= 15 is 0 Å². The van der Waals surface area contributed by atoms with Crippen molar-refractivity contribution in [2.75, 3.05) is 33.3 Å². The van der Waals surface area contributed by atoms with Gasteiger partial charge in [-0.05, 0) is 44.7 Å². The average Bonchev–Trinajstić information content (AvgIpc) is 3.22. The van der Waals surface area contributed by atoms with Gasteiger partial charge in [0.15, 0.2) is 5.96 Å². The number of aryl methyl sites for hydroxylation is 1. The van der Waals surface area contributed by atoms with Gasteiger partial charge in [-0.2, -0.15) is 0 Å². The van der Waals surface area contributed by atoms with Gasteiger partial charge in [0.05, 0.1) is 6.61 Å². The lowest BCUT2D eigenvalue weighted by Crippen LogP contribution is -2.46. The van der Waals surface area contributed by atoms with Gasteiger partial charge in [-0.3, -0.25) is 9.79 Å². The Kier molecular flexibility index (Phi) is 10.7. The summed E-state index contributed by atoms with van der Waals surface area (Å²) < 4.78 is 5.76. The summed E-state index contributed by atoms with van der Waals surface area (Å²) in [5.74, 6) is 2.34. The van der Waals surface area contributed by atoms with Crippen molar-refractivity contribution in [3.8, 4) is 5.75 Å². The van der Waals surface area contributed by atoms with Gasteiger partial charge in [-0.1, -0.05) is 37.0 Å². The van der Waals surface area contributed by atoms with Crippen LogP contribution >= 0.6 is 24.0 Å². The lowest BCUT2D eigenvalue weighted by atomic mass is 9.88. The molecule has 2 fully saturated rings. The summed E-state index contributed by atoms with van der Waals surface area (Å²) in [7, 11) is 1.79. The molecule has 1 aliphatic carbocycles. The molecule has 0 aromatic heterocycles. The van der Waals surface area contributed by atoms with Gasteiger partial charge in [0, 0.05) is 38.6 Å². The van der Waals surface area contributed by atoms with Crippen molar-refractivity contribution in [3.05, 3.63) is 29.8 Å². The topological polar surface area (TPSA) is 66.0 Å². The number of nitrogens with zero attached hydrogens (tertiary/aromatic N) is 2. The van der Waals surface area contributed by atoms with Gasteiger partial charge in [-0.25, -0.2) is 0 Å². The van der Waals surface area contributed by atoms with E-state index in [0.29, 0.717) is 12.5 Å². The number of amides is 1. The second-order valence-electron chi connectivity index (χ2n) is 8.26. The second kappa shape index (κ2) is 13.0. The molecule has 2 aliphatic rings. The molecule has 1 heterocycles. The van der Waals surface area contributed by atoms with Crippen LogP contribution in [0, 0.1) is 12.8 Å². The van der Waals surface area contributed by atoms with Gasteiger partial charge in [-0.15, -0.1) is 24.0 Å². The maximum atomic E-state index is 12.7. The van der Waals surface area contributed by atoms with Gasteiger partial charge in [0.25, 0.3) is 0 Å². The van der Waals surface area contributed by atoms with E-state index in [2.05, 4.69) is 39.6 Å². The van der Waals surface area contributed by atoms with E-state index in [4.69, 9.17) is 4.74 Å². The Morgan fingerprint density at radius 2 is 1.90 bits per heavy atom. The molecule has 1 atom stereocenters. The van der Waals surface area contributed by atoms with Crippen molar-refractivity contribution < 1.29 is 9.53 Å². The number of nitrogens with one attached hydrogen (secondary N) is 2. The number of hydrogen-bond acceptors (Lipinski definition) is 3. The zero-order chi connectivity index (χ0) is 20.5. The number of carbonyl (C=O) groups excluding carboxylic acids is 1. The first kappa shape index (κ1) is 24.8. The lowest BCUT2D eigenvalue weighted by Gasteiger charge is -2.26. The fraction of sp³-hybridized carbons (Fsp3) is 0.652. The Balaban J connectivity index is 0.00000320. The molecule has 1 aromatic rings. The van der Waals surface area contributed by atoms with Crippen molar-refractivity contribution in [2.45, 2.75) is 57.9 Å². The van der Waals surface area contributed by atoms with Gasteiger partial charge >= 0.3 is 0 Å². The average molecular weight is 528 g/mol. The minimum Gasteiger partial charge on any atom is -0.494 e. The van der Waals surface area contributed by atoms with E-state index in [9.17, 15) is 4.79 Å². The van der Waals surface area contributed by atoms with Gasteiger partial charge in [0.2, 0.25) is 5.91 Å². The summed E-state index contributed by atoms with van der Waals surface area (Å²) >= 11 is 0. The molecule has 3 rings (SSSR count). The summed E-state index contributed by atoms with van der Waals surface area (Å²) in [5, 5.41) is 6.83. The molecule has 7 heteroatoms. The molecule has 1 saturated heterocycles. The zero-order valence-corrected chi connectivity index (χ0v) is 20.7. The summed E-state index contributed by atoms with van der Waals surface area (Å²) in [6.45, 7) is 5.17. The lowest BCUT2D eigenvalue weighted by molar-refractivity contribution is -0.135. The fourth-order valence-corrected chi connectivity index (χ4v) is 4.18. The van der Waals surface area contributed by atoms with E-state index in [-0.39, 0.29) is 35.9 Å². The van der Waals surface area contributed by atoms with Crippen molar-refractivity contribution in [3.63, 3.8) is 0 Å². The SMILES string of the molecule is CN=C(NCCCOc1ccc(C)cc1)NC1CCN(C(=O)C2CCCCC2)C1.I. The molecule has 1 unspecified atom stereocenters. The van der Waals surface area contributed by atoms with Crippen molar-refractivity contribution >= 4 is 35.8 Å². The first-order valence-electron chi connectivity index (χ1n) is 11.1. The summed E-state index contributed by atoms with van der Waals surface area (Å²) in [6, 6.07) is 8.40. The third-order valence-electron chi connectivity index (χ3n) is 5.92. The molecular formula is C23H37IN4O2. The van der Waals surface area contributed by atoms with Gasteiger partial charge in [0.1, 0.15) is 5.75 Å². The first-order chi connectivity index (χ1) is 14.2. The maximum Gasteiger partial charge on any atom is 0.225 e. The zero-order valence-electron chi connectivity index (χ0n) is 18.4. The molecule has 6 nitrogen and oxygen atoms in total. The highest BCUT2D eigenvalue weighted by Gasteiger charge is 2.31. The molecule has 1 amide bonds. The quantitative estimate of drug-likeness (QED) is 0.245. The standard InChI is InChI=1S/C23H36N4O2.HI/c1-18-9-11-21(12-10-18)29-16-6-14-25-23(24-2)26-20-13-15-27(17-20)22(28)19-7-4-3-5-8-19;/h9-12,19-20H,3-8,13-17H2,1-2H3,(H2,24,25,26);1H. The summed E-state index contributed by atoms with van der Waals surface area (Å²) in [5.41, 5.74) is 1.24. The molecule has 2 N–H and O–H groups in total. The minimum atomic E-state index is 0. The number of likely N-dealkylation sites (tertiary alicyclic amines) is 1. The molecule has 0 spiro atoms. The minimum absolute atomic E-state index is 0. The highest BCUT2D eigenvalue weighted by molar-refractivity contribution is 14.0. The number of aliphatic imine (C=N–C) groups is 1. The second-order valence-corrected chi connectivity index (χ2v) is 8.26. The number of halogens is 1. The molecule has 30 heavy (non-hydrogen) atoms. The Bertz CT molecular complexity index is 674. The predicted octanol–water partition coefficient (Wildman–Crippen LogP) is 3.73. The highest BCUT2D eigenvalue weighted by atomic mass is 127. The Morgan fingerprint density at radius 1 is 1.17 bits per heavy atom. The van der Waals surface area contributed by atoms with Crippen LogP contribution in [0.15, 0.2) is 29.3 Å². The van der Waals surface area contributed by atoms with Crippen LogP contribution in [-0.4, -0.2) is 56.1 Å². The van der Waals surface area contributed by atoms with Gasteiger partial charge < -0.3 is 20.3 Å². The third-order valence-corrected chi connectivity index (χ3v) is 5.92. The summed E-state index contributed by atoms with van der Waals surface area (Å²) in [6.07, 6.45) is 7.71. The van der Waals surface area contributed by atoms with E-state index in [1.807, 2.05) is 12.1 Å². The monoisotopic (exact) mass is 528 g/mol. The molecule has 168 valence electrons. The molecule has 1 aromatic carbocycles. The van der Waals surface area contributed by atoms with E-state index in [0.717, 1.165) is 57.0 Å². The largest absolute Gasteiger partial charge is 0.494 e. The number of guanidine groups is 1. The van der Waals surface area contributed by atoms with Crippen molar-refractivity contribution in [1.29, 1.82) is 0 Å². The number of ether oxygens (including phenoxy) is 1. The number of rotatable bonds is 7. The smallest absolute Gasteiger partial charge is 0.225 e. The summed E-state index contributed by atoms with van der Waals surface area (Å²) in [4.78, 5) is 19.1. The fourth-order valence-electron chi connectivity index (χ4n) is 4.18. The maximum absolute atomic E-state index is 12.7.